The first kappa shape index (κ1) is 20.7. The fourth-order valence-corrected chi connectivity index (χ4v) is 2.67. The molecule has 3 aromatic rings. The van der Waals surface area contributed by atoms with Gasteiger partial charge in [-0.1, -0.05) is 29.8 Å². The van der Waals surface area contributed by atoms with Crippen molar-refractivity contribution in [2.75, 3.05) is 10.6 Å². The van der Waals surface area contributed by atoms with Crippen molar-refractivity contribution in [1.29, 1.82) is 0 Å². The number of aliphatic imine (C=N–C) groups is 1. The average molecular weight is 401 g/mol. The van der Waals surface area contributed by atoms with Crippen molar-refractivity contribution in [3.63, 3.8) is 0 Å². The highest BCUT2D eigenvalue weighted by Crippen LogP contribution is 2.12. The number of rotatable bonds is 5. The molecule has 0 bridgehead atoms. The number of aromatic nitrogens is 1. The first-order chi connectivity index (χ1) is 14.5. The smallest absolute Gasteiger partial charge is 0.258 e. The number of hydrogen-bond donors (Lipinski definition) is 3. The maximum Gasteiger partial charge on any atom is 0.258 e. The third-order valence-electron chi connectivity index (χ3n) is 4.13. The summed E-state index contributed by atoms with van der Waals surface area (Å²) in [6.07, 6.45) is 3.42. The van der Waals surface area contributed by atoms with Crippen molar-refractivity contribution in [1.82, 2.24) is 10.3 Å². The van der Waals surface area contributed by atoms with Crippen molar-refractivity contribution in [3.8, 4) is 0 Å². The van der Waals surface area contributed by atoms with E-state index in [1.54, 1.807) is 36.7 Å². The minimum atomic E-state index is -0.341. The van der Waals surface area contributed by atoms with Crippen molar-refractivity contribution < 1.29 is 9.59 Å². The minimum absolute atomic E-state index is 0.202. The van der Waals surface area contributed by atoms with E-state index in [1.807, 2.05) is 43.3 Å². The molecule has 0 aliphatic rings. The number of amides is 2. The van der Waals surface area contributed by atoms with Gasteiger partial charge >= 0.3 is 0 Å². The summed E-state index contributed by atoms with van der Waals surface area (Å²) in [4.78, 5) is 32.7. The van der Waals surface area contributed by atoms with E-state index in [9.17, 15) is 9.59 Å². The van der Waals surface area contributed by atoms with Crippen LogP contribution in [0, 0.1) is 6.92 Å². The Balaban J connectivity index is 1.79. The summed E-state index contributed by atoms with van der Waals surface area (Å²) in [7, 11) is 0. The summed E-state index contributed by atoms with van der Waals surface area (Å²) in [5.41, 5.74) is 3.81. The standard InChI is InChI=1S/C23H23N5O2/c1-16-8-10-20(11-9-16)27-23(25-15-18-5-4-12-24-14-18)28-22(30)19-6-3-7-21(13-19)26-17(2)29/h3-14H,15H2,1-2H3,(H,26,29)(H2,25,27,28,30). The Morgan fingerprint density at radius 3 is 2.47 bits per heavy atom. The molecule has 2 amide bonds. The van der Waals surface area contributed by atoms with E-state index in [0.29, 0.717) is 23.8 Å². The van der Waals surface area contributed by atoms with Gasteiger partial charge in [0.1, 0.15) is 0 Å². The molecule has 3 rings (SSSR count). The molecule has 2 aromatic carbocycles. The molecule has 0 fully saturated rings. The predicted octanol–water partition coefficient (Wildman–Crippen LogP) is 3.75. The van der Waals surface area contributed by atoms with Crippen LogP contribution in [0.25, 0.3) is 0 Å². The van der Waals surface area contributed by atoms with Crippen LogP contribution in [0.15, 0.2) is 78.0 Å². The molecule has 30 heavy (non-hydrogen) atoms. The second-order valence-electron chi connectivity index (χ2n) is 6.73. The zero-order valence-corrected chi connectivity index (χ0v) is 16.8. The molecule has 7 nitrogen and oxygen atoms in total. The molecule has 1 heterocycles. The second kappa shape index (κ2) is 9.97. The Bertz CT molecular complexity index is 1050. The number of benzene rings is 2. The topological polar surface area (TPSA) is 95.5 Å². The maximum absolute atomic E-state index is 12.8. The second-order valence-corrected chi connectivity index (χ2v) is 6.73. The van der Waals surface area contributed by atoms with Gasteiger partial charge in [-0.05, 0) is 48.9 Å². The van der Waals surface area contributed by atoms with E-state index in [4.69, 9.17) is 0 Å². The van der Waals surface area contributed by atoms with Crippen LogP contribution in [0.1, 0.15) is 28.4 Å². The average Bonchev–Trinajstić information content (AvgIpc) is 2.74. The molecule has 0 saturated carbocycles. The lowest BCUT2D eigenvalue weighted by molar-refractivity contribution is -0.114. The minimum Gasteiger partial charge on any atom is -0.326 e. The lowest BCUT2D eigenvalue weighted by Crippen LogP contribution is -2.36. The van der Waals surface area contributed by atoms with Crippen LogP contribution in [0.4, 0.5) is 11.4 Å². The zero-order valence-electron chi connectivity index (χ0n) is 16.8. The Morgan fingerprint density at radius 1 is 0.967 bits per heavy atom. The van der Waals surface area contributed by atoms with Crippen LogP contribution in [-0.2, 0) is 11.3 Å². The molecular weight excluding hydrogens is 378 g/mol. The summed E-state index contributed by atoms with van der Waals surface area (Å²) in [5, 5.41) is 8.64. The summed E-state index contributed by atoms with van der Waals surface area (Å²) in [6.45, 7) is 3.78. The van der Waals surface area contributed by atoms with Gasteiger partial charge in [-0.25, -0.2) is 4.99 Å². The van der Waals surface area contributed by atoms with Gasteiger partial charge in [-0.2, -0.15) is 0 Å². The highest BCUT2D eigenvalue weighted by atomic mass is 16.2. The SMILES string of the molecule is CC(=O)Nc1cccc(C(=O)NC(=NCc2cccnc2)Nc2ccc(C)cc2)c1. The van der Waals surface area contributed by atoms with Crippen LogP contribution in [0.2, 0.25) is 0 Å². The largest absolute Gasteiger partial charge is 0.326 e. The normalized spacial score (nSPS) is 10.9. The summed E-state index contributed by atoms with van der Waals surface area (Å²) >= 11 is 0. The van der Waals surface area contributed by atoms with Crippen LogP contribution in [-0.4, -0.2) is 22.8 Å². The Hall–Kier alpha value is -4.00. The number of carbonyl (C=O) groups is 2. The lowest BCUT2D eigenvalue weighted by atomic mass is 10.2. The maximum atomic E-state index is 12.8. The first-order valence-electron chi connectivity index (χ1n) is 9.45. The van der Waals surface area contributed by atoms with Crippen LogP contribution in [0.3, 0.4) is 0 Å². The van der Waals surface area contributed by atoms with Gasteiger partial charge in [0.05, 0.1) is 6.54 Å². The third-order valence-corrected chi connectivity index (χ3v) is 4.13. The molecule has 0 spiro atoms. The van der Waals surface area contributed by atoms with E-state index in [-0.39, 0.29) is 11.8 Å². The number of nitrogens with zero attached hydrogens (tertiary/aromatic N) is 2. The van der Waals surface area contributed by atoms with E-state index in [2.05, 4.69) is 25.9 Å². The van der Waals surface area contributed by atoms with Gasteiger partial charge in [-0.15, -0.1) is 0 Å². The Morgan fingerprint density at radius 2 is 1.77 bits per heavy atom. The number of nitrogens with one attached hydrogen (secondary N) is 3. The zero-order chi connectivity index (χ0) is 21.3. The van der Waals surface area contributed by atoms with E-state index >= 15 is 0 Å². The molecule has 152 valence electrons. The number of hydrogen-bond acceptors (Lipinski definition) is 4. The molecule has 0 saturated heterocycles. The van der Waals surface area contributed by atoms with E-state index < -0.39 is 0 Å². The van der Waals surface area contributed by atoms with Gasteiger partial charge in [0.2, 0.25) is 11.9 Å². The number of pyridine rings is 1. The predicted molar refractivity (Wildman–Crippen MR) is 118 cm³/mol. The van der Waals surface area contributed by atoms with Crippen molar-refractivity contribution in [3.05, 3.63) is 89.7 Å². The van der Waals surface area contributed by atoms with Crippen LogP contribution >= 0.6 is 0 Å². The van der Waals surface area contributed by atoms with E-state index in [0.717, 1.165) is 16.8 Å². The Kier molecular flexibility index (Phi) is 6.89. The monoisotopic (exact) mass is 401 g/mol. The molecule has 7 heteroatoms. The molecule has 0 radical (unpaired) electrons. The summed E-state index contributed by atoms with van der Waals surface area (Å²) in [6, 6.07) is 18.2. The number of carbonyl (C=O) groups excluding carboxylic acids is 2. The number of guanidine groups is 1. The number of anilines is 2. The fraction of sp³-hybridized carbons (Fsp3) is 0.130. The van der Waals surface area contributed by atoms with Gasteiger partial charge in [0.25, 0.3) is 5.91 Å². The first-order valence-corrected chi connectivity index (χ1v) is 9.45. The van der Waals surface area contributed by atoms with Crippen LogP contribution in [0.5, 0.6) is 0 Å². The van der Waals surface area contributed by atoms with Crippen molar-refractivity contribution in [2.45, 2.75) is 20.4 Å². The molecule has 0 unspecified atom stereocenters. The third kappa shape index (κ3) is 6.27. The highest BCUT2D eigenvalue weighted by Gasteiger charge is 2.11. The molecule has 1 aromatic heterocycles. The highest BCUT2D eigenvalue weighted by molar-refractivity contribution is 6.10. The van der Waals surface area contributed by atoms with Gasteiger partial charge in [0.15, 0.2) is 0 Å². The number of aryl methyl sites for hydroxylation is 1. The molecule has 0 aliphatic heterocycles. The van der Waals surface area contributed by atoms with Gasteiger partial charge in [0, 0.05) is 36.3 Å². The van der Waals surface area contributed by atoms with Crippen LogP contribution < -0.4 is 16.0 Å². The Labute approximate surface area is 175 Å². The molecular formula is C23H23N5O2. The summed E-state index contributed by atoms with van der Waals surface area (Å²) in [5.74, 6) is -0.225. The van der Waals surface area contributed by atoms with Gasteiger partial charge < -0.3 is 10.6 Å². The molecule has 0 aliphatic carbocycles. The van der Waals surface area contributed by atoms with Crippen molar-refractivity contribution >= 4 is 29.1 Å². The molecule has 0 atom stereocenters. The van der Waals surface area contributed by atoms with Crippen molar-refractivity contribution in [2.24, 2.45) is 4.99 Å². The van der Waals surface area contributed by atoms with Gasteiger partial charge in [-0.3, -0.25) is 19.9 Å². The fourth-order valence-electron chi connectivity index (χ4n) is 2.67. The quantitative estimate of drug-likeness (QED) is 0.448. The lowest BCUT2D eigenvalue weighted by Gasteiger charge is -2.13. The van der Waals surface area contributed by atoms with E-state index in [1.165, 1.54) is 6.92 Å². The summed E-state index contributed by atoms with van der Waals surface area (Å²) < 4.78 is 0. The molecule has 3 N–H and O–H groups in total.